The van der Waals surface area contributed by atoms with E-state index in [1.807, 2.05) is 48.0 Å². The predicted molar refractivity (Wildman–Crippen MR) is 73.2 cm³/mol. The molecule has 0 aliphatic carbocycles. The summed E-state index contributed by atoms with van der Waals surface area (Å²) in [6.45, 7) is 1.96. The van der Waals surface area contributed by atoms with Crippen molar-refractivity contribution in [3.8, 4) is 5.75 Å². The fourth-order valence-corrected chi connectivity index (χ4v) is 2.30. The predicted octanol–water partition coefficient (Wildman–Crippen LogP) is 3.25. The number of carbonyl (C=O) groups is 1. The number of rotatable bonds is 4. The van der Waals surface area contributed by atoms with Gasteiger partial charge in [0.25, 0.3) is 5.91 Å². The number of thiophene rings is 1. The van der Waals surface area contributed by atoms with Crippen LogP contribution in [0.4, 0.5) is 0 Å². The van der Waals surface area contributed by atoms with Crippen LogP contribution in [0.25, 0.3) is 0 Å². The molecule has 3 nitrogen and oxygen atoms in total. The molecule has 1 atom stereocenters. The summed E-state index contributed by atoms with van der Waals surface area (Å²) < 4.78 is 5.17. The number of methoxy groups -OCH3 is 1. The van der Waals surface area contributed by atoms with Gasteiger partial charge in [0.05, 0.1) is 18.7 Å². The van der Waals surface area contributed by atoms with Gasteiger partial charge in [-0.3, -0.25) is 4.79 Å². The molecule has 4 heteroatoms. The van der Waals surface area contributed by atoms with Crippen molar-refractivity contribution in [2.24, 2.45) is 0 Å². The van der Waals surface area contributed by atoms with Crippen LogP contribution < -0.4 is 10.1 Å². The average molecular weight is 261 g/mol. The van der Waals surface area contributed by atoms with Gasteiger partial charge in [0, 0.05) is 5.38 Å². The van der Waals surface area contributed by atoms with Crippen molar-refractivity contribution in [3.05, 3.63) is 52.2 Å². The summed E-state index contributed by atoms with van der Waals surface area (Å²) in [4.78, 5) is 11.9. The summed E-state index contributed by atoms with van der Waals surface area (Å²) in [5.74, 6) is 0.746. The van der Waals surface area contributed by atoms with Crippen LogP contribution in [0.2, 0.25) is 0 Å². The third kappa shape index (κ3) is 2.90. The Kier molecular flexibility index (Phi) is 3.99. The molecule has 0 aliphatic rings. The molecule has 0 fully saturated rings. The van der Waals surface area contributed by atoms with Crippen molar-refractivity contribution in [3.63, 3.8) is 0 Å². The molecule has 2 aromatic rings. The van der Waals surface area contributed by atoms with Gasteiger partial charge in [0.15, 0.2) is 0 Å². The Bertz CT molecular complexity index is 522. The molecule has 1 N–H and O–H groups in total. The van der Waals surface area contributed by atoms with Crippen molar-refractivity contribution < 1.29 is 9.53 Å². The highest BCUT2D eigenvalue weighted by Gasteiger charge is 2.11. The van der Waals surface area contributed by atoms with E-state index in [2.05, 4.69) is 5.32 Å². The molecule has 2 rings (SSSR count). The van der Waals surface area contributed by atoms with E-state index in [9.17, 15) is 4.79 Å². The highest BCUT2D eigenvalue weighted by Crippen LogP contribution is 2.19. The number of hydrogen-bond donors (Lipinski definition) is 1. The van der Waals surface area contributed by atoms with E-state index in [4.69, 9.17) is 4.74 Å². The van der Waals surface area contributed by atoms with E-state index < -0.39 is 0 Å². The number of amides is 1. The molecule has 0 radical (unpaired) electrons. The van der Waals surface area contributed by atoms with Gasteiger partial charge < -0.3 is 10.1 Å². The summed E-state index contributed by atoms with van der Waals surface area (Å²) in [6.07, 6.45) is 0. The second-order valence-electron chi connectivity index (χ2n) is 3.98. The quantitative estimate of drug-likeness (QED) is 0.917. The average Bonchev–Trinajstić information content (AvgIpc) is 2.92. The van der Waals surface area contributed by atoms with Crippen molar-refractivity contribution >= 4 is 17.2 Å². The largest absolute Gasteiger partial charge is 0.497 e. The third-order valence-electron chi connectivity index (χ3n) is 2.72. The molecule has 0 saturated heterocycles. The van der Waals surface area contributed by atoms with Crippen LogP contribution in [-0.2, 0) is 0 Å². The molecule has 94 valence electrons. The molecule has 0 saturated carbocycles. The van der Waals surface area contributed by atoms with Crippen LogP contribution in [0.5, 0.6) is 5.75 Å². The Labute approximate surface area is 110 Å². The Morgan fingerprint density at radius 1 is 1.39 bits per heavy atom. The normalized spacial score (nSPS) is 11.9. The SMILES string of the molecule is COc1cccc(C(C)NC(=O)c2ccsc2)c1. The summed E-state index contributed by atoms with van der Waals surface area (Å²) in [5.41, 5.74) is 1.73. The lowest BCUT2D eigenvalue weighted by molar-refractivity contribution is 0.0940. The van der Waals surface area contributed by atoms with Crippen LogP contribution in [0.3, 0.4) is 0 Å². The van der Waals surface area contributed by atoms with Gasteiger partial charge in [-0.1, -0.05) is 12.1 Å². The van der Waals surface area contributed by atoms with Crippen LogP contribution in [0.1, 0.15) is 28.9 Å². The molecule has 0 bridgehead atoms. The minimum absolute atomic E-state index is 0.0486. The number of nitrogens with one attached hydrogen (secondary N) is 1. The number of ether oxygens (including phenoxy) is 1. The highest BCUT2D eigenvalue weighted by atomic mass is 32.1. The minimum atomic E-state index is -0.0495. The Morgan fingerprint density at radius 2 is 2.22 bits per heavy atom. The zero-order valence-electron chi connectivity index (χ0n) is 10.3. The first kappa shape index (κ1) is 12.6. The maximum absolute atomic E-state index is 11.9. The van der Waals surface area contributed by atoms with E-state index in [-0.39, 0.29) is 11.9 Å². The van der Waals surface area contributed by atoms with Gasteiger partial charge in [-0.15, -0.1) is 0 Å². The molecule has 1 amide bonds. The fraction of sp³-hybridized carbons (Fsp3) is 0.214. The van der Waals surface area contributed by atoms with E-state index >= 15 is 0 Å². The molecule has 1 aromatic heterocycles. The van der Waals surface area contributed by atoms with Crippen LogP contribution in [0.15, 0.2) is 41.1 Å². The monoisotopic (exact) mass is 261 g/mol. The smallest absolute Gasteiger partial charge is 0.252 e. The standard InChI is InChI=1S/C14H15NO2S/c1-10(11-4-3-5-13(8-11)17-2)15-14(16)12-6-7-18-9-12/h3-10H,1-2H3,(H,15,16). The Hall–Kier alpha value is -1.81. The number of benzene rings is 1. The lowest BCUT2D eigenvalue weighted by Crippen LogP contribution is -2.26. The van der Waals surface area contributed by atoms with Gasteiger partial charge in [-0.25, -0.2) is 0 Å². The van der Waals surface area contributed by atoms with Crippen molar-refractivity contribution in [1.82, 2.24) is 5.32 Å². The molecule has 1 unspecified atom stereocenters. The van der Waals surface area contributed by atoms with Gasteiger partial charge >= 0.3 is 0 Å². The van der Waals surface area contributed by atoms with Gasteiger partial charge in [-0.05, 0) is 36.1 Å². The Balaban J connectivity index is 2.07. The summed E-state index contributed by atoms with van der Waals surface area (Å²) in [5, 5.41) is 6.70. The van der Waals surface area contributed by atoms with Gasteiger partial charge in [0.1, 0.15) is 5.75 Å². The second kappa shape index (κ2) is 5.69. The lowest BCUT2D eigenvalue weighted by atomic mass is 10.1. The molecular formula is C14H15NO2S. The van der Waals surface area contributed by atoms with Gasteiger partial charge in [0.2, 0.25) is 0 Å². The topological polar surface area (TPSA) is 38.3 Å². The molecule has 0 spiro atoms. The lowest BCUT2D eigenvalue weighted by Gasteiger charge is -2.14. The third-order valence-corrected chi connectivity index (χ3v) is 3.41. The zero-order chi connectivity index (χ0) is 13.0. The van der Waals surface area contributed by atoms with Crippen LogP contribution in [0, 0.1) is 0 Å². The van der Waals surface area contributed by atoms with Crippen LogP contribution in [-0.4, -0.2) is 13.0 Å². The zero-order valence-corrected chi connectivity index (χ0v) is 11.2. The van der Waals surface area contributed by atoms with Gasteiger partial charge in [-0.2, -0.15) is 11.3 Å². The number of hydrogen-bond acceptors (Lipinski definition) is 3. The summed E-state index contributed by atoms with van der Waals surface area (Å²) in [7, 11) is 1.63. The van der Waals surface area contributed by atoms with E-state index in [0.717, 1.165) is 11.3 Å². The fourth-order valence-electron chi connectivity index (χ4n) is 1.67. The first-order valence-electron chi connectivity index (χ1n) is 5.67. The number of carbonyl (C=O) groups excluding carboxylic acids is 1. The Morgan fingerprint density at radius 3 is 2.89 bits per heavy atom. The van der Waals surface area contributed by atoms with E-state index in [1.54, 1.807) is 7.11 Å². The molecule has 1 heterocycles. The molecule has 0 aliphatic heterocycles. The van der Waals surface area contributed by atoms with Crippen molar-refractivity contribution in [1.29, 1.82) is 0 Å². The second-order valence-corrected chi connectivity index (χ2v) is 4.76. The molecule has 18 heavy (non-hydrogen) atoms. The summed E-state index contributed by atoms with van der Waals surface area (Å²) in [6, 6.07) is 9.48. The van der Waals surface area contributed by atoms with Crippen molar-refractivity contribution in [2.45, 2.75) is 13.0 Å². The van der Waals surface area contributed by atoms with Crippen molar-refractivity contribution in [2.75, 3.05) is 7.11 Å². The highest BCUT2D eigenvalue weighted by molar-refractivity contribution is 7.08. The van der Waals surface area contributed by atoms with Crippen LogP contribution >= 0.6 is 11.3 Å². The maximum atomic E-state index is 11.9. The first-order chi connectivity index (χ1) is 8.70. The van der Waals surface area contributed by atoms with E-state index in [1.165, 1.54) is 11.3 Å². The van der Waals surface area contributed by atoms with E-state index in [0.29, 0.717) is 5.56 Å². The minimum Gasteiger partial charge on any atom is -0.497 e. The first-order valence-corrected chi connectivity index (χ1v) is 6.62. The maximum Gasteiger partial charge on any atom is 0.252 e. The summed E-state index contributed by atoms with van der Waals surface area (Å²) >= 11 is 1.52. The molecule has 1 aromatic carbocycles. The molecular weight excluding hydrogens is 246 g/mol.